The second kappa shape index (κ2) is 13.6. The number of nitrogens with one attached hydrogen (secondary N) is 1. The highest BCUT2D eigenvalue weighted by molar-refractivity contribution is 9.10. The summed E-state index contributed by atoms with van der Waals surface area (Å²) >= 11 is 3.62. The van der Waals surface area contributed by atoms with E-state index in [0.717, 1.165) is 26.7 Å². The fourth-order valence-electron chi connectivity index (χ4n) is 8.56. The van der Waals surface area contributed by atoms with E-state index in [2.05, 4.69) is 31.3 Å². The fraction of sp³-hybridized carbons (Fsp3) is 0.300. The quantitative estimate of drug-likeness (QED) is 0.112. The molecule has 1 spiro atoms. The highest BCUT2D eigenvalue weighted by Crippen LogP contribution is 2.60. The molecule has 8 rings (SSSR count). The number of fused-ring (bicyclic) bond motifs is 3. The van der Waals surface area contributed by atoms with E-state index in [1.54, 1.807) is 28.7 Å². The van der Waals surface area contributed by atoms with Crippen LogP contribution >= 0.6 is 15.9 Å². The third-order valence-corrected chi connectivity index (χ3v) is 13.9. The van der Waals surface area contributed by atoms with Gasteiger partial charge in [-0.05, 0) is 73.1 Å². The maximum absolute atomic E-state index is 16.5. The summed E-state index contributed by atoms with van der Waals surface area (Å²) < 4.78 is 27.5. The molecule has 10 nitrogen and oxygen atoms in total. The molecule has 1 unspecified atom stereocenters. The van der Waals surface area contributed by atoms with E-state index in [9.17, 15) is 14.7 Å². The Bertz CT molecular complexity index is 2370. The number of H-pyrrole nitrogens is 1. The van der Waals surface area contributed by atoms with E-state index in [0.29, 0.717) is 35.4 Å². The second-order valence-electron chi connectivity index (χ2n) is 14.6. The molecule has 1 amide bonds. The summed E-state index contributed by atoms with van der Waals surface area (Å²) in [5, 5.41) is 22.7. The molecular weight excluding hydrogens is 755 g/mol. The van der Waals surface area contributed by atoms with Gasteiger partial charge in [0.05, 0.1) is 53.1 Å². The number of nitrogens with zero attached hydrogens (tertiary/aromatic N) is 5. The minimum atomic E-state index is -3.39. The van der Waals surface area contributed by atoms with Crippen molar-refractivity contribution in [1.82, 2.24) is 24.8 Å². The summed E-state index contributed by atoms with van der Waals surface area (Å²) in [7, 11) is -3.39. The second-order valence-corrected chi connectivity index (χ2v) is 19.3. The Balaban J connectivity index is 1.09. The molecule has 272 valence electrons. The summed E-state index contributed by atoms with van der Waals surface area (Å²) in [5.41, 5.74) is 3.21. The molecule has 0 aliphatic carbocycles. The van der Waals surface area contributed by atoms with Crippen molar-refractivity contribution < 1.29 is 18.7 Å². The number of aromatic amines is 1. The highest BCUT2D eigenvalue weighted by atomic mass is 79.9. The number of benzene rings is 4. The maximum atomic E-state index is 16.5. The van der Waals surface area contributed by atoms with Crippen molar-refractivity contribution >= 4 is 46.8 Å². The van der Waals surface area contributed by atoms with Gasteiger partial charge in [-0.1, -0.05) is 82.7 Å². The lowest BCUT2D eigenvalue weighted by Gasteiger charge is -2.31. The number of carbonyl (C=O) groups excluding carboxylic acids is 1. The SMILES string of the molecule is C[C@H]1[C@H]([Si](C)(C)F)[C@@H](CCn2cc(C(CO)c3ccccc3)nn2)O[C@]12C(=O)N(Cc1cccc(-n3[nH]c4ccccc4c3=O)c1)c1ccc(Br)cc12. The number of rotatable bonds is 10. The monoisotopic (exact) mass is 794 g/mol. The van der Waals surface area contributed by atoms with Gasteiger partial charge in [0.25, 0.3) is 11.5 Å². The Labute approximate surface area is 315 Å². The van der Waals surface area contributed by atoms with E-state index in [1.165, 1.54) is 4.68 Å². The molecule has 2 aromatic heterocycles. The smallest absolute Gasteiger partial charge is 0.279 e. The van der Waals surface area contributed by atoms with Crippen LogP contribution in [0.5, 0.6) is 0 Å². The zero-order valence-corrected chi connectivity index (χ0v) is 32.2. The number of hydrogen-bond donors (Lipinski definition) is 2. The summed E-state index contributed by atoms with van der Waals surface area (Å²) in [6.45, 7) is 5.86. The molecule has 1 saturated heterocycles. The van der Waals surface area contributed by atoms with Crippen molar-refractivity contribution in [3.8, 4) is 5.69 Å². The lowest BCUT2D eigenvalue weighted by atomic mass is 9.82. The van der Waals surface area contributed by atoms with Crippen LogP contribution in [-0.2, 0) is 28.2 Å². The van der Waals surface area contributed by atoms with Gasteiger partial charge >= 0.3 is 0 Å². The molecule has 6 aromatic rings. The highest BCUT2D eigenvalue weighted by Gasteiger charge is 2.66. The number of halogens is 2. The lowest BCUT2D eigenvalue weighted by molar-refractivity contribution is -0.146. The van der Waals surface area contributed by atoms with Crippen LogP contribution in [0.2, 0.25) is 18.6 Å². The first-order valence-electron chi connectivity index (χ1n) is 17.8. The maximum Gasteiger partial charge on any atom is 0.279 e. The molecular formula is C40H40BrFN6O4Si. The number of ether oxygens (including phenoxy) is 1. The van der Waals surface area contributed by atoms with Crippen molar-refractivity contribution in [3.63, 3.8) is 0 Å². The van der Waals surface area contributed by atoms with Gasteiger partial charge in [0.1, 0.15) is 0 Å². The molecule has 2 N–H and O–H groups in total. The van der Waals surface area contributed by atoms with E-state index in [-0.39, 0.29) is 30.5 Å². The molecule has 0 bridgehead atoms. The van der Waals surface area contributed by atoms with Crippen molar-refractivity contribution in [2.75, 3.05) is 11.5 Å². The van der Waals surface area contributed by atoms with Crippen LogP contribution in [0.1, 0.15) is 41.6 Å². The number of carbonyl (C=O) groups is 1. The number of para-hydroxylation sites is 1. The van der Waals surface area contributed by atoms with Gasteiger partial charge < -0.3 is 18.9 Å². The number of aliphatic hydroxyl groups excluding tert-OH is 1. The summed E-state index contributed by atoms with van der Waals surface area (Å²) in [5.74, 6) is -1.00. The molecule has 1 fully saturated rings. The van der Waals surface area contributed by atoms with Crippen LogP contribution in [0.4, 0.5) is 9.80 Å². The largest absolute Gasteiger partial charge is 0.395 e. The number of hydrogen-bond acceptors (Lipinski definition) is 6. The minimum absolute atomic E-state index is 0.113. The van der Waals surface area contributed by atoms with Gasteiger partial charge in [-0.25, -0.2) is 4.68 Å². The van der Waals surface area contributed by atoms with Crippen LogP contribution in [-0.4, -0.2) is 56.9 Å². The van der Waals surface area contributed by atoms with Gasteiger partial charge in [-0.2, -0.15) is 0 Å². The zero-order chi connectivity index (χ0) is 37.1. The molecule has 4 heterocycles. The first kappa shape index (κ1) is 35.3. The van der Waals surface area contributed by atoms with E-state index in [1.807, 2.05) is 104 Å². The van der Waals surface area contributed by atoms with Crippen LogP contribution < -0.4 is 10.5 Å². The Morgan fingerprint density at radius 1 is 1.02 bits per heavy atom. The molecule has 2 aliphatic heterocycles. The lowest BCUT2D eigenvalue weighted by Crippen LogP contribution is -2.45. The normalized spacial score (nSPS) is 21.9. The predicted molar refractivity (Wildman–Crippen MR) is 207 cm³/mol. The Kier molecular flexibility index (Phi) is 9.08. The predicted octanol–water partition coefficient (Wildman–Crippen LogP) is 7.21. The van der Waals surface area contributed by atoms with Crippen LogP contribution in [0.15, 0.2) is 113 Å². The summed E-state index contributed by atoms with van der Waals surface area (Å²) in [6, 6.07) is 30.3. The van der Waals surface area contributed by atoms with Gasteiger partial charge in [-0.3, -0.25) is 19.4 Å². The summed E-state index contributed by atoms with van der Waals surface area (Å²) in [4.78, 5) is 29.9. The first-order chi connectivity index (χ1) is 25.5. The van der Waals surface area contributed by atoms with Gasteiger partial charge in [0.2, 0.25) is 8.41 Å². The minimum Gasteiger partial charge on any atom is -0.395 e. The number of amides is 1. The Morgan fingerprint density at radius 3 is 2.55 bits per heavy atom. The van der Waals surface area contributed by atoms with Crippen molar-refractivity contribution in [3.05, 3.63) is 140 Å². The zero-order valence-electron chi connectivity index (χ0n) is 29.6. The number of anilines is 1. The van der Waals surface area contributed by atoms with Crippen LogP contribution in [0, 0.1) is 5.92 Å². The number of aliphatic hydroxyl groups is 1. The Hall–Kier alpha value is -4.69. The third kappa shape index (κ3) is 6.09. The van der Waals surface area contributed by atoms with Crippen molar-refractivity contribution in [1.29, 1.82) is 0 Å². The summed E-state index contributed by atoms with van der Waals surface area (Å²) in [6.07, 6.45) is 1.69. The van der Waals surface area contributed by atoms with Crippen LogP contribution in [0.25, 0.3) is 16.6 Å². The third-order valence-electron chi connectivity index (χ3n) is 11.0. The number of aromatic nitrogens is 5. The first-order valence-corrected chi connectivity index (χ1v) is 21.6. The van der Waals surface area contributed by atoms with Gasteiger partial charge in [-0.15, -0.1) is 5.10 Å². The molecule has 2 aliphatic rings. The fourth-order valence-corrected chi connectivity index (χ4v) is 11.5. The molecule has 5 atom stereocenters. The molecule has 53 heavy (non-hydrogen) atoms. The topological polar surface area (TPSA) is 118 Å². The average molecular weight is 796 g/mol. The van der Waals surface area contributed by atoms with Crippen molar-refractivity contribution in [2.45, 2.75) is 62.7 Å². The number of aryl methyl sites for hydroxylation is 1. The van der Waals surface area contributed by atoms with Gasteiger partial charge in [0, 0.05) is 34.2 Å². The molecule has 13 heteroatoms. The van der Waals surface area contributed by atoms with E-state index < -0.39 is 31.6 Å². The van der Waals surface area contributed by atoms with Gasteiger partial charge in [0.15, 0.2) is 5.60 Å². The van der Waals surface area contributed by atoms with E-state index >= 15 is 4.11 Å². The molecule has 0 radical (unpaired) electrons. The Morgan fingerprint density at radius 2 is 1.79 bits per heavy atom. The van der Waals surface area contributed by atoms with Crippen LogP contribution in [0.3, 0.4) is 0 Å². The van der Waals surface area contributed by atoms with Crippen molar-refractivity contribution in [2.24, 2.45) is 5.92 Å². The average Bonchev–Trinajstić information content (AvgIpc) is 3.88. The molecule has 0 saturated carbocycles. The molecule has 4 aromatic carbocycles. The van der Waals surface area contributed by atoms with E-state index in [4.69, 9.17) is 4.74 Å². The standard InChI is InChI=1S/C40H40BrFN6O4Si/c1-25-37(53(2,3)42)36(18-19-46-23-34(43-45-46)31(24-49)27-11-5-4-6-12-27)52-40(25)32-21-28(41)16-17-35(32)47(39(40)51)22-26-10-9-13-29(20-26)48-38(50)30-14-7-8-15-33(30)44-48/h4-17,20-21,23,25,31,36-37,44,49H,18-19,22,24H2,1-3H3/t25-,31?,36+,37-,40+/m0/s1.